The number of hydrogen-bond donors (Lipinski definition) is 1. The van der Waals surface area contributed by atoms with Crippen LogP contribution in [-0.2, 0) is 12.6 Å². The number of anilines is 1. The molecule has 5 rings (SSSR count). The third-order valence-corrected chi connectivity index (χ3v) is 6.28. The van der Waals surface area contributed by atoms with Gasteiger partial charge in [-0.1, -0.05) is 29.5 Å². The third kappa shape index (κ3) is 3.80. The lowest BCUT2D eigenvalue weighted by atomic mass is 10.1. The highest BCUT2D eigenvalue weighted by Gasteiger charge is 2.29. The number of fused-ring (bicyclic) bond motifs is 5. The predicted octanol–water partition coefficient (Wildman–Crippen LogP) is 6.01. The molecule has 0 spiro atoms. The first kappa shape index (κ1) is 20.4. The summed E-state index contributed by atoms with van der Waals surface area (Å²) < 4.78 is 44.3. The number of nitrogens with one attached hydrogen (secondary N) is 1. The summed E-state index contributed by atoms with van der Waals surface area (Å²) in [6.45, 7) is 0.568. The van der Waals surface area contributed by atoms with E-state index in [9.17, 15) is 18.0 Å². The Hall–Kier alpha value is -3.46. The fourth-order valence-electron chi connectivity index (χ4n) is 3.63. The summed E-state index contributed by atoms with van der Waals surface area (Å²) in [7, 11) is 0. The van der Waals surface area contributed by atoms with Crippen LogP contribution in [0, 0.1) is 0 Å². The van der Waals surface area contributed by atoms with E-state index < -0.39 is 17.4 Å². The van der Waals surface area contributed by atoms with Gasteiger partial charge >= 0.3 is 11.8 Å². The SMILES string of the molecule is O=c1oc2c3ccncc3ccc2c2sc(NCCCc3ccc(C(F)(F)F)cc3)nc12. The van der Waals surface area contributed by atoms with E-state index in [1.165, 1.54) is 23.5 Å². The molecule has 1 N–H and O–H groups in total. The molecule has 9 heteroatoms. The molecule has 5 nitrogen and oxygen atoms in total. The van der Waals surface area contributed by atoms with E-state index in [-0.39, 0.29) is 5.52 Å². The van der Waals surface area contributed by atoms with Gasteiger partial charge in [-0.15, -0.1) is 0 Å². The van der Waals surface area contributed by atoms with E-state index in [4.69, 9.17) is 4.42 Å². The van der Waals surface area contributed by atoms with Crippen LogP contribution in [0.5, 0.6) is 0 Å². The van der Waals surface area contributed by atoms with Gasteiger partial charge in [-0.2, -0.15) is 13.2 Å². The average molecular weight is 455 g/mol. The van der Waals surface area contributed by atoms with Crippen LogP contribution in [0.4, 0.5) is 18.3 Å². The van der Waals surface area contributed by atoms with Gasteiger partial charge in [0.2, 0.25) is 0 Å². The Kier molecular flexibility index (Phi) is 5.05. The quantitative estimate of drug-likeness (QED) is 0.200. The molecule has 32 heavy (non-hydrogen) atoms. The molecule has 5 aromatic rings. The van der Waals surface area contributed by atoms with Crippen LogP contribution in [0.3, 0.4) is 0 Å². The van der Waals surface area contributed by atoms with Gasteiger partial charge in [0.1, 0.15) is 5.58 Å². The second-order valence-electron chi connectivity index (χ2n) is 7.35. The minimum absolute atomic E-state index is 0.279. The van der Waals surface area contributed by atoms with Gasteiger partial charge in [0.15, 0.2) is 10.6 Å². The minimum atomic E-state index is -4.33. The molecule has 0 amide bonds. The maximum absolute atomic E-state index is 12.7. The summed E-state index contributed by atoms with van der Waals surface area (Å²) in [5.41, 5.74) is 0.480. The number of aryl methyl sites for hydroxylation is 1. The standard InChI is InChI=1S/C23H16F3N3O2S/c24-23(25,26)15-6-3-13(4-7-15)2-1-10-28-22-29-18-20(32-22)17-8-5-14-12-27-11-9-16(14)19(17)31-21(18)30/h3-9,11-12H,1-2,10H2,(H,28,29). The first-order valence-corrected chi connectivity index (χ1v) is 10.7. The number of halogens is 3. The number of alkyl halides is 3. The molecule has 0 bridgehead atoms. The van der Waals surface area contributed by atoms with Crippen LogP contribution >= 0.6 is 11.3 Å². The lowest BCUT2D eigenvalue weighted by Gasteiger charge is -2.07. The number of rotatable bonds is 5. The van der Waals surface area contributed by atoms with Gasteiger partial charge in [-0.3, -0.25) is 4.98 Å². The molecule has 162 valence electrons. The Morgan fingerprint density at radius 1 is 1.03 bits per heavy atom. The summed E-state index contributed by atoms with van der Waals surface area (Å²) in [6, 6.07) is 10.8. The van der Waals surface area contributed by atoms with Crippen molar-refractivity contribution in [3.63, 3.8) is 0 Å². The summed E-state index contributed by atoms with van der Waals surface area (Å²) in [6.07, 6.45) is 0.375. The van der Waals surface area contributed by atoms with Crippen LogP contribution in [0.25, 0.3) is 32.0 Å². The zero-order chi connectivity index (χ0) is 22.3. The first-order valence-electron chi connectivity index (χ1n) is 9.90. The van der Waals surface area contributed by atoms with Crippen molar-refractivity contribution >= 4 is 48.4 Å². The molecule has 0 fully saturated rings. The van der Waals surface area contributed by atoms with Crippen LogP contribution in [0.1, 0.15) is 17.5 Å². The second kappa shape index (κ2) is 7.90. The number of hydrogen-bond acceptors (Lipinski definition) is 6. The van der Waals surface area contributed by atoms with Gasteiger partial charge < -0.3 is 9.73 Å². The fraction of sp³-hybridized carbons (Fsp3) is 0.174. The zero-order valence-corrected chi connectivity index (χ0v) is 17.4. The lowest BCUT2D eigenvalue weighted by Crippen LogP contribution is -2.05. The van der Waals surface area contributed by atoms with E-state index in [1.54, 1.807) is 12.4 Å². The number of benzene rings is 2. The Morgan fingerprint density at radius 2 is 1.84 bits per heavy atom. The molecule has 0 unspecified atom stereocenters. The minimum Gasteiger partial charge on any atom is -0.420 e. The summed E-state index contributed by atoms with van der Waals surface area (Å²) in [4.78, 5) is 21.0. The van der Waals surface area contributed by atoms with Crippen molar-refractivity contribution in [2.75, 3.05) is 11.9 Å². The van der Waals surface area contributed by atoms with E-state index >= 15 is 0 Å². The van der Waals surface area contributed by atoms with Gasteiger partial charge in [0, 0.05) is 35.1 Å². The smallest absolute Gasteiger partial charge is 0.416 e. The molecule has 0 aliphatic heterocycles. The van der Waals surface area contributed by atoms with Crippen molar-refractivity contribution < 1.29 is 17.6 Å². The lowest BCUT2D eigenvalue weighted by molar-refractivity contribution is -0.137. The van der Waals surface area contributed by atoms with Gasteiger partial charge in [0.05, 0.1) is 10.3 Å². The highest BCUT2D eigenvalue weighted by molar-refractivity contribution is 7.23. The Balaban J connectivity index is 1.33. The van der Waals surface area contributed by atoms with Crippen molar-refractivity contribution in [1.82, 2.24) is 9.97 Å². The van der Waals surface area contributed by atoms with Crippen LogP contribution in [0.15, 0.2) is 64.1 Å². The second-order valence-corrected chi connectivity index (χ2v) is 8.35. The molecule has 0 radical (unpaired) electrons. The molecule has 0 atom stereocenters. The first-order chi connectivity index (χ1) is 15.4. The topological polar surface area (TPSA) is 68.0 Å². The Bertz CT molecular complexity index is 1490. The van der Waals surface area contributed by atoms with Crippen molar-refractivity contribution in [3.05, 3.63) is 76.4 Å². The summed E-state index contributed by atoms with van der Waals surface area (Å²) >= 11 is 1.38. The third-order valence-electron chi connectivity index (χ3n) is 5.23. The van der Waals surface area contributed by atoms with Gasteiger partial charge in [-0.25, -0.2) is 9.78 Å². The normalized spacial score (nSPS) is 12.1. The van der Waals surface area contributed by atoms with Gasteiger partial charge in [0.25, 0.3) is 0 Å². The van der Waals surface area contributed by atoms with E-state index in [0.29, 0.717) is 30.1 Å². The van der Waals surface area contributed by atoms with E-state index in [0.717, 1.165) is 38.6 Å². The maximum Gasteiger partial charge on any atom is 0.416 e. The van der Waals surface area contributed by atoms with Crippen molar-refractivity contribution in [2.45, 2.75) is 19.0 Å². The number of nitrogens with zero attached hydrogens (tertiary/aromatic N) is 2. The number of thiazole rings is 1. The molecule has 3 aromatic heterocycles. The van der Waals surface area contributed by atoms with Crippen molar-refractivity contribution in [1.29, 1.82) is 0 Å². The molecule has 0 aliphatic carbocycles. The highest BCUT2D eigenvalue weighted by Crippen LogP contribution is 2.34. The predicted molar refractivity (Wildman–Crippen MR) is 119 cm³/mol. The zero-order valence-electron chi connectivity index (χ0n) is 16.6. The van der Waals surface area contributed by atoms with E-state index in [2.05, 4.69) is 15.3 Å². The number of aromatic nitrogens is 2. The van der Waals surface area contributed by atoms with Crippen LogP contribution < -0.4 is 10.9 Å². The van der Waals surface area contributed by atoms with Crippen molar-refractivity contribution in [3.8, 4) is 0 Å². The number of pyridine rings is 1. The Morgan fingerprint density at radius 3 is 2.62 bits per heavy atom. The summed E-state index contributed by atoms with van der Waals surface area (Å²) in [5.74, 6) is 0. The molecule has 2 aromatic carbocycles. The fourth-order valence-corrected chi connectivity index (χ4v) is 4.64. The molecular formula is C23H16F3N3O2S. The average Bonchev–Trinajstić information content (AvgIpc) is 3.22. The molecular weight excluding hydrogens is 439 g/mol. The summed E-state index contributed by atoms with van der Waals surface area (Å²) in [5, 5.41) is 6.32. The van der Waals surface area contributed by atoms with Crippen LogP contribution in [0.2, 0.25) is 0 Å². The molecule has 0 saturated carbocycles. The molecule has 0 aliphatic rings. The van der Waals surface area contributed by atoms with Crippen molar-refractivity contribution in [2.24, 2.45) is 0 Å². The molecule has 0 saturated heterocycles. The van der Waals surface area contributed by atoms with Crippen LogP contribution in [-0.4, -0.2) is 16.5 Å². The monoisotopic (exact) mass is 455 g/mol. The van der Waals surface area contributed by atoms with E-state index in [1.807, 2.05) is 18.2 Å². The molecule has 3 heterocycles. The largest absolute Gasteiger partial charge is 0.420 e. The van der Waals surface area contributed by atoms with Gasteiger partial charge in [-0.05, 0) is 42.7 Å². The maximum atomic E-state index is 12.7. The Labute approximate surface area is 183 Å². The highest BCUT2D eigenvalue weighted by atomic mass is 32.1.